The first-order valence-electron chi connectivity index (χ1n) is 8.17. The van der Waals surface area contributed by atoms with Crippen molar-refractivity contribution >= 4 is 17.2 Å². The number of aryl methyl sites for hydroxylation is 3. The molecule has 6 heteroatoms. The average molecular weight is 337 g/mol. The van der Waals surface area contributed by atoms with E-state index < -0.39 is 0 Å². The summed E-state index contributed by atoms with van der Waals surface area (Å²) in [6, 6.07) is 3.90. The summed E-state index contributed by atoms with van der Waals surface area (Å²) >= 11 is 1.74. The van der Waals surface area contributed by atoms with E-state index in [1.807, 2.05) is 12.1 Å². The van der Waals surface area contributed by atoms with Crippen molar-refractivity contribution in [2.24, 2.45) is 0 Å². The van der Waals surface area contributed by atoms with Crippen molar-refractivity contribution in [1.29, 1.82) is 0 Å². The molecule has 0 radical (unpaired) electrons. The number of aromatic nitrogens is 4. The number of nitrogens with one attached hydrogen (secondary N) is 1. The second-order valence-electron chi connectivity index (χ2n) is 6.01. The zero-order valence-electron chi connectivity index (χ0n) is 13.8. The van der Waals surface area contributed by atoms with Crippen LogP contribution in [0.1, 0.15) is 33.3 Å². The molecule has 4 rings (SSSR count). The Kier molecular flexibility index (Phi) is 3.98. The molecule has 122 valence electrons. The number of fused-ring (bicyclic) bond motifs is 1. The first-order valence-corrected chi connectivity index (χ1v) is 8.99. The number of nitrogens with zero attached hydrogens (tertiary/aromatic N) is 4. The minimum Gasteiger partial charge on any atom is -0.363 e. The quantitative estimate of drug-likeness (QED) is 0.786. The van der Waals surface area contributed by atoms with E-state index in [4.69, 9.17) is 9.97 Å². The van der Waals surface area contributed by atoms with E-state index in [2.05, 4.69) is 29.1 Å². The van der Waals surface area contributed by atoms with Crippen molar-refractivity contribution in [3.63, 3.8) is 0 Å². The van der Waals surface area contributed by atoms with Crippen molar-refractivity contribution < 1.29 is 0 Å². The molecule has 3 heterocycles. The van der Waals surface area contributed by atoms with E-state index in [0.29, 0.717) is 6.54 Å². The van der Waals surface area contributed by atoms with Crippen LogP contribution in [0.4, 0.5) is 5.82 Å². The zero-order valence-corrected chi connectivity index (χ0v) is 14.7. The fraction of sp³-hybridized carbons (Fsp3) is 0.333. The molecule has 1 N–H and O–H groups in total. The summed E-state index contributed by atoms with van der Waals surface area (Å²) in [7, 11) is 0. The normalized spacial score (nSPS) is 13.1. The van der Waals surface area contributed by atoms with Gasteiger partial charge in [-0.25, -0.2) is 15.0 Å². The molecule has 0 saturated carbocycles. The Labute approximate surface area is 145 Å². The van der Waals surface area contributed by atoms with Gasteiger partial charge in [-0.1, -0.05) is 0 Å². The summed E-state index contributed by atoms with van der Waals surface area (Å²) in [4.78, 5) is 19.5. The fourth-order valence-corrected chi connectivity index (χ4v) is 3.86. The highest BCUT2D eigenvalue weighted by atomic mass is 32.1. The Hall–Kier alpha value is -2.34. The highest BCUT2D eigenvalue weighted by molar-refractivity contribution is 7.11. The topological polar surface area (TPSA) is 63.6 Å². The first kappa shape index (κ1) is 15.2. The zero-order chi connectivity index (χ0) is 16.5. The predicted octanol–water partition coefficient (Wildman–Crippen LogP) is 3.71. The molecule has 0 spiro atoms. The molecule has 0 bridgehead atoms. The molecular formula is C18H19N5S. The number of rotatable bonds is 4. The Bertz CT molecular complexity index is 853. The van der Waals surface area contributed by atoms with Crippen molar-refractivity contribution in [2.75, 3.05) is 5.32 Å². The molecule has 0 aromatic carbocycles. The monoisotopic (exact) mass is 337 g/mol. The van der Waals surface area contributed by atoms with Gasteiger partial charge in [0.1, 0.15) is 10.8 Å². The van der Waals surface area contributed by atoms with Gasteiger partial charge in [-0.15, -0.1) is 11.3 Å². The van der Waals surface area contributed by atoms with Gasteiger partial charge < -0.3 is 5.32 Å². The molecule has 0 atom stereocenters. The number of hydrogen-bond acceptors (Lipinski definition) is 6. The maximum absolute atomic E-state index is 4.79. The molecule has 1 aliphatic rings. The van der Waals surface area contributed by atoms with Crippen LogP contribution >= 0.6 is 11.3 Å². The molecule has 3 aromatic heterocycles. The second-order valence-corrected chi connectivity index (χ2v) is 7.30. The minimum atomic E-state index is 0.707. The lowest BCUT2D eigenvalue weighted by molar-refractivity contribution is 0.899. The van der Waals surface area contributed by atoms with Crippen LogP contribution in [0.15, 0.2) is 24.5 Å². The van der Waals surface area contributed by atoms with Gasteiger partial charge in [0.15, 0.2) is 5.82 Å². The summed E-state index contributed by atoms with van der Waals surface area (Å²) in [6.45, 7) is 4.87. The molecular weight excluding hydrogens is 318 g/mol. The van der Waals surface area contributed by atoms with Gasteiger partial charge in [0, 0.05) is 34.1 Å². The van der Waals surface area contributed by atoms with E-state index >= 15 is 0 Å². The van der Waals surface area contributed by atoms with Gasteiger partial charge in [-0.2, -0.15) is 0 Å². The van der Waals surface area contributed by atoms with Crippen LogP contribution in [-0.4, -0.2) is 19.9 Å². The standard InChI is InChI=1S/C18H19N5S/c1-11-12(2)24-16(21-11)10-20-18-14-4-3-5-15(14)22-17(23-18)13-6-8-19-9-7-13/h6-9H,3-5,10H2,1-2H3,(H,20,22,23). The van der Waals surface area contributed by atoms with Gasteiger partial charge in [-0.05, 0) is 45.2 Å². The lowest BCUT2D eigenvalue weighted by Gasteiger charge is -2.11. The van der Waals surface area contributed by atoms with Gasteiger partial charge in [0.25, 0.3) is 0 Å². The number of hydrogen-bond donors (Lipinski definition) is 1. The van der Waals surface area contributed by atoms with Crippen LogP contribution in [0, 0.1) is 13.8 Å². The summed E-state index contributed by atoms with van der Waals surface area (Å²) in [5.74, 6) is 1.72. The van der Waals surface area contributed by atoms with E-state index in [0.717, 1.165) is 47.2 Å². The number of pyridine rings is 1. The van der Waals surface area contributed by atoms with Gasteiger partial charge in [0.05, 0.1) is 12.2 Å². The number of anilines is 1. The molecule has 3 aromatic rings. The molecule has 0 aliphatic heterocycles. The molecule has 0 amide bonds. The van der Waals surface area contributed by atoms with Crippen LogP contribution in [0.5, 0.6) is 0 Å². The fourth-order valence-electron chi connectivity index (χ4n) is 2.98. The first-order chi connectivity index (χ1) is 11.7. The van der Waals surface area contributed by atoms with Crippen LogP contribution in [-0.2, 0) is 19.4 Å². The van der Waals surface area contributed by atoms with Crippen molar-refractivity contribution in [2.45, 2.75) is 39.7 Å². The highest BCUT2D eigenvalue weighted by Crippen LogP contribution is 2.29. The molecule has 0 unspecified atom stereocenters. The Morgan fingerprint density at radius 2 is 1.92 bits per heavy atom. The molecule has 5 nitrogen and oxygen atoms in total. The molecule has 0 fully saturated rings. The third-order valence-corrected chi connectivity index (χ3v) is 5.42. The summed E-state index contributed by atoms with van der Waals surface area (Å²) in [6.07, 6.45) is 6.78. The van der Waals surface area contributed by atoms with Gasteiger partial charge in [-0.3, -0.25) is 4.98 Å². The van der Waals surface area contributed by atoms with E-state index in [1.54, 1.807) is 23.7 Å². The second kappa shape index (κ2) is 6.28. The van der Waals surface area contributed by atoms with Crippen molar-refractivity contribution in [3.05, 3.63) is 51.4 Å². The Balaban J connectivity index is 1.65. The summed E-state index contributed by atoms with van der Waals surface area (Å²) < 4.78 is 0. The van der Waals surface area contributed by atoms with Crippen molar-refractivity contribution in [1.82, 2.24) is 19.9 Å². The third kappa shape index (κ3) is 2.89. The maximum atomic E-state index is 4.79. The maximum Gasteiger partial charge on any atom is 0.161 e. The molecule has 0 saturated heterocycles. The minimum absolute atomic E-state index is 0.707. The van der Waals surface area contributed by atoms with Crippen LogP contribution in [0.3, 0.4) is 0 Å². The largest absolute Gasteiger partial charge is 0.363 e. The lowest BCUT2D eigenvalue weighted by atomic mass is 10.2. The smallest absolute Gasteiger partial charge is 0.161 e. The average Bonchev–Trinajstić information content (AvgIpc) is 3.20. The van der Waals surface area contributed by atoms with Crippen LogP contribution in [0.2, 0.25) is 0 Å². The SMILES string of the molecule is Cc1nc(CNc2nc(-c3ccncc3)nc3c2CCC3)sc1C. The Morgan fingerprint density at radius 3 is 2.67 bits per heavy atom. The number of thiazole rings is 1. The lowest BCUT2D eigenvalue weighted by Crippen LogP contribution is -2.07. The molecule has 1 aliphatic carbocycles. The van der Waals surface area contributed by atoms with Crippen molar-refractivity contribution in [3.8, 4) is 11.4 Å². The molecule has 24 heavy (non-hydrogen) atoms. The highest BCUT2D eigenvalue weighted by Gasteiger charge is 2.20. The van der Waals surface area contributed by atoms with E-state index in [9.17, 15) is 0 Å². The predicted molar refractivity (Wildman–Crippen MR) is 96.2 cm³/mol. The van der Waals surface area contributed by atoms with E-state index in [-0.39, 0.29) is 0 Å². The summed E-state index contributed by atoms with van der Waals surface area (Å²) in [5.41, 5.74) is 4.55. The third-order valence-electron chi connectivity index (χ3n) is 4.35. The van der Waals surface area contributed by atoms with E-state index in [1.165, 1.54) is 16.1 Å². The summed E-state index contributed by atoms with van der Waals surface area (Å²) in [5, 5.41) is 4.59. The Morgan fingerprint density at radius 1 is 1.08 bits per heavy atom. The van der Waals surface area contributed by atoms with Crippen LogP contribution in [0.25, 0.3) is 11.4 Å². The van der Waals surface area contributed by atoms with Gasteiger partial charge >= 0.3 is 0 Å². The van der Waals surface area contributed by atoms with Crippen LogP contribution < -0.4 is 5.32 Å². The van der Waals surface area contributed by atoms with Gasteiger partial charge in [0.2, 0.25) is 0 Å².